The van der Waals surface area contributed by atoms with E-state index >= 15 is 0 Å². The number of hydrogen-bond acceptors (Lipinski definition) is 7. The molecule has 3 aliphatic heterocycles. The highest BCUT2D eigenvalue weighted by molar-refractivity contribution is 6.46. The first-order chi connectivity index (χ1) is 16.5. The Morgan fingerprint density at radius 3 is 2.38 bits per heavy atom. The average Bonchev–Trinajstić information content (AvgIpc) is 3.12. The summed E-state index contributed by atoms with van der Waals surface area (Å²) in [5, 5.41) is 11.2. The van der Waals surface area contributed by atoms with Gasteiger partial charge in [0.25, 0.3) is 11.7 Å². The van der Waals surface area contributed by atoms with Crippen molar-refractivity contribution in [2.24, 2.45) is 0 Å². The number of amides is 1. The molecule has 8 nitrogen and oxygen atoms in total. The molecule has 3 aliphatic rings. The minimum Gasteiger partial charge on any atom is -0.507 e. The molecular formula is C25H25FN2O6. The highest BCUT2D eigenvalue weighted by Crippen LogP contribution is 2.41. The van der Waals surface area contributed by atoms with Crippen LogP contribution in [0.3, 0.4) is 0 Å². The fourth-order valence-corrected chi connectivity index (χ4v) is 4.52. The Balaban J connectivity index is 1.53. The standard InChI is InChI=1S/C25H25FN2O6/c26-18-4-1-16(2-5-18)22-21(23(29)17-3-6-19-20(15-17)34-14-13-33-19)24(30)25(31)28(22)8-7-27-9-11-32-12-10-27/h1-6,15,22,29H,7-14H2. The molecule has 2 fully saturated rings. The van der Waals surface area contributed by atoms with Gasteiger partial charge in [0, 0.05) is 31.7 Å². The van der Waals surface area contributed by atoms with Gasteiger partial charge in [0.1, 0.15) is 24.8 Å². The zero-order valence-electron chi connectivity index (χ0n) is 18.5. The summed E-state index contributed by atoms with van der Waals surface area (Å²) in [7, 11) is 0. The van der Waals surface area contributed by atoms with Crippen LogP contribution in [-0.2, 0) is 14.3 Å². The van der Waals surface area contributed by atoms with Gasteiger partial charge >= 0.3 is 0 Å². The van der Waals surface area contributed by atoms with E-state index < -0.39 is 23.5 Å². The van der Waals surface area contributed by atoms with Crippen LogP contribution in [-0.4, -0.2) is 79.2 Å². The summed E-state index contributed by atoms with van der Waals surface area (Å²) in [6.45, 7) is 4.35. The maximum atomic E-state index is 13.6. The molecule has 1 atom stereocenters. The number of carbonyl (C=O) groups excluding carboxylic acids is 2. The van der Waals surface area contributed by atoms with Gasteiger partial charge < -0.3 is 24.2 Å². The molecule has 2 saturated heterocycles. The van der Waals surface area contributed by atoms with Gasteiger partial charge in [-0.15, -0.1) is 0 Å². The molecule has 1 N–H and O–H groups in total. The summed E-state index contributed by atoms with van der Waals surface area (Å²) < 4.78 is 30.1. The summed E-state index contributed by atoms with van der Waals surface area (Å²) >= 11 is 0. The Morgan fingerprint density at radius 2 is 1.65 bits per heavy atom. The molecule has 3 heterocycles. The van der Waals surface area contributed by atoms with Crippen LogP contribution in [0.2, 0.25) is 0 Å². The number of aliphatic hydroxyl groups is 1. The number of hydrogen-bond donors (Lipinski definition) is 1. The number of ether oxygens (including phenoxy) is 3. The van der Waals surface area contributed by atoms with Gasteiger partial charge in [-0.3, -0.25) is 14.5 Å². The normalized spacial score (nSPS) is 22.3. The number of Topliss-reactive ketones (excluding diaryl/α,β-unsaturated/α-hetero) is 1. The number of nitrogens with zero attached hydrogens (tertiary/aromatic N) is 2. The molecule has 0 radical (unpaired) electrons. The van der Waals surface area contributed by atoms with E-state index in [-0.39, 0.29) is 17.9 Å². The summed E-state index contributed by atoms with van der Waals surface area (Å²) in [5.41, 5.74) is 0.847. The molecule has 1 unspecified atom stereocenters. The van der Waals surface area contributed by atoms with Crippen molar-refractivity contribution in [2.45, 2.75) is 6.04 Å². The Morgan fingerprint density at radius 1 is 0.941 bits per heavy atom. The number of rotatable bonds is 5. The first-order valence-electron chi connectivity index (χ1n) is 11.3. The van der Waals surface area contributed by atoms with E-state index in [0.29, 0.717) is 55.6 Å². The third kappa shape index (κ3) is 4.24. The number of benzene rings is 2. The van der Waals surface area contributed by atoms with Crippen LogP contribution < -0.4 is 9.47 Å². The molecular weight excluding hydrogens is 443 g/mol. The van der Waals surface area contributed by atoms with Gasteiger partial charge in [-0.1, -0.05) is 12.1 Å². The Kier molecular flexibility index (Phi) is 6.21. The highest BCUT2D eigenvalue weighted by Gasteiger charge is 2.46. The van der Waals surface area contributed by atoms with Crippen LogP contribution in [0.15, 0.2) is 48.0 Å². The van der Waals surface area contributed by atoms with Gasteiger partial charge in [-0.25, -0.2) is 4.39 Å². The number of likely N-dealkylation sites (tertiary alicyclic amines) is 1. The van der Waals surface area contributed by atoms with Gasteiger partial charge in [0.15, 0.2) is 11.5 Å². The van der Waals surface area contributed by atoms with Gasteiger partial charge in [-0.05, 0) is 35.9 Å². The fraction of sp³-hybridized carbons (Fsp3) is 0.360. The van der Waals surface area contributed by atoms with Crippen molar-refractivity contribution >= 4 is 17.4 Å². The molecule has 0 bridgehead atoms. The highest BCUT2D eigenvalue weighted by atomic mass is 19.1. The third-order valence-corrected chi connectivity index (χ3v) is 6.30. The molecule has 5 rings (SSSR count). The van der Waals surface area contributed by atoms with E-state index in [1.807, 2.05) is 0 Å². The van der Waals surface area contributed by atoms with Gasteiger partial charge in [-0.2, -0.15) is 0 Å². The van der Waals surface area contributed by atoms with Gasteiger partial charge in [0.2, 0.25) is 0 Å². The van der Waals surface area contributed by atoms with E-state index in [0.717, 1.165) is 13.1 Å². The topological polar surface area (TPSA) is 88.5 Å². The summed E-state index contributed by atoms with van der Waals surface area (Å²) in [5.74, 6) is -1.20. The second kappa shape index (κ2) is 9.44. The number of ketones is 1. The SMILES string of the molecule is O=C1C(=O)N(CCN2CCOCC2)C(c2ccc(F)cc2)C1=C(O)c1ccc2c(c1)OCCO2. The van der Waals surface area contributed by atoms with Crippen molar-refractivity contribution in [2.75, 3.05) is 52.6 Å². The van der Waals surface area contributed by atoms with E-state index in [1.54, 1.807) is 18.2 Å². The molecule has 178 valence electrons. The van der Waals surface area contributed by atoms with Crippen molar-refractivity contribution in [3.05, 3.63) is 65.0 Å². The Labute approximate surface area is 196 Å². The second-order valence-electron chi connectivity index (χ2n) is 8.36. The zero-order chi connectivity index (χ0) is 23.7. The molecule has 2 aromatic rings. The smallest absolute Gasteiger partial charge is 0.295 e. The van der Waals surface area contributed by atoms with Crippen molar-refractivity contribution in [3.63, 3.8) is 0 Å². The Bertz CT molecular complexity index is 1130. The van der Waals surface area contributed by atoms with Crippen LogP contribution in [0.4, 0.5) is 4.39 Å². The first-order valence-corrected chi connectivity index (χ1v) is 11.3. The average molecular weight is 468 g/mol. The third-order valence-electron chi connectivity index (χ3n) is 6.30. The molecule has 0 spiro atoms. The van der Waals surface area contributed by atoms with Crippen molar-refractivity contribution in [1.29, 1.82) is 0 Å². The lowest BCUT2D eigenvalue weighted by Crippen LogP contribution is -2.42. The molecule has 9 heteroatoms. The lowest BCUT2D eigenvalue weighted by atomic mass is 9.95. The number of halogens is 1. The predicted octanol–water partition coefficient (Wildman–Crippen LogP) is 2.35. The number of fused-ring (bicyclic) bond motifs is 1. The van der Waals surface area contributed by atoms with E-state index in [9.17, 15) is 19.1 Å². The largest absolute Gasteiger partial charge is 0.507 e. The fourth-order valence-electron chi connectivity index (χ4n) is 4.52. The van der Waals surface area contributed by atoms with Crippen LogP contribution in [0.1, 0.15) is 17.2 Å². The van der Waals surface area contributed by atoms with E-state index in [2.05, 4.69) is 4.90 Å². The minimum absolute atomic E-state index is 0.0322. The number of aliphatic hydroxyl groups excluding tert-OH is 1. The molecule has 34 heavy (non-hydrogen) atoms. The van der Waals surface area contributed by atoms with Crippen LogP contribution in [0, 0.1) is 5.82 Å². The number of carbonyl (C=O) groups is 2. The predicted molar refractivity (Wildman–Crippen MR) is 120 cm³/mol. The lowest BCUT2D eigenvalue weighted by molar-refractivity contribution is -0.140. The van der Waals surface area contributed by atoms with Crippen LogP contribution in [0.25, 0.3) is 5.76 Å². The van der Waals surface area contributed by atoms with Crippen molar-refractivity contribution < 1.29 is 33.3 Å². The molecule has 0 aromatic heterocycles. The summed E-state index contributed by atoms with van der Waals surface area (Å²) in [6.07, 6.45) is 0. The molecule has 2 aromatic carbocycles. The molecule has 0 saturated carbocycles. The first kappa shape index (κ1) is 22.4. The lowest BCUT2D eigenvalue weighted by Gasteiger charge is -2.31. The van der Waals surface area contributed by atoms with Gasteiger partial charge in [0.05, 0.1) is 24.8 Å². The quantitative estimate of drug-likeness (QED) is 0.409. The maximum absolute atomic E-state index is 13.6. The van der Waals surface area contributed by atoms with E-state index in [1.165, 1.54) is 29.2 Å². The molecule has 1 amide bonds. The summed E-state index contributed by atoms with van der Waals surface area (Å²) in [4.78, 5) is 29.8. The summed E-state index contributed by atoms with van der Waals surface area (Å²) in [6, 6.07) is 9.65. The second-order valence-corrected chi connectivity index (χ2v) is 8.36. The monoisotopic (exact) mass is 468 g/mol. The zero-order valence-corrected chi connectivity index (χ0v) is 18.5. The van der Waals surface area contributed by atoms with Crippen LogP contribution in [0.5, 0.6) is 11.5 Å². The maximum Gasteiger partial charge on any atom is 0.295 e. The Hall–Kier alpha value is -3.43. The number of morpholine rings is 1. The van der Waals surface area contributed by atoms with Crippen LogP contribution >= 0.6 is 0 Å². The molecule has 0 aliphatic carbocycles. The van der Waals surface area contributed by atoms with Crippen molar-refractivity contribution in [3.8, 4) is 11.5 Å². The minimum atomic E-state index is -0.838. The van der Waals surface area contributed by atoms with E-state index in [4.69, 9.17) is 14.2 Å². The van der Waals surface area contributed by atoms with Crippen molar-refractivity contribution in [1.82, 2.24) is 9.80 Å².